The highest BCUT2D eigenvalue weighted by atomic mass is 16.3. The van der Waals surface area contributed by atoms with Crippen LogP contribution in [0.4, 0.5) is 0 Å². The monoisotopic (exact) mass is 289 g/mol. The molecule has 1 aromatic carbocycles. The summed E-state index contributed by atoms with van der Waals surface area (Å²) in [5.74, 6) is 0.947. The fourth-order valence-electron chi connectivity index (χ4n) is 2.47. The number of aryl methyl sites for hydroxylation is 1. The van der Waals surface area contributed by atoms with E-state index in [4.69, 9.17) is 5.11 Å². The van der Waals surface area contributed by atoms with Crippen LogP contribution < -0.4 is 0 Å². The highest BCUT2D eigenvalue weighted by molar-refractivity contribution is 5.35. The van der Waals surface area contributed by atoms with Crippen molar-refractivity contribution < 1.29 is 10.2 Å². The van der Waals surface area contributed by atoms with Gasteiger partial charge >= 0.3 is 0 Å². The molecule has 1 heterocycles. The Labute approximate surface area is 125 Å². The molecule has 0 bridgehead atoms. The summed E-state index contributed by atoms with van der Waals surface area (Å²) in [6.07, 6.45) is 2.59. The molecule has 0 radical (unpaired) electrons. The molecule has 0 aliphatic carbocycles. The second-order valence-corrected chi connectivity index (χ2v) is 5.04. The molecular formula is C16H23N3O2. The number of nitrogens with zero attached hydrogens (tertiary/aromatic N) is 3. The SMILES string of the molecule is Cc1ncc(CN(CCO)CCCO)n1-c1ccccc1. The standard InChI is InChI=1S/C16H23N3O2/c1-14-17-12-16(13-18(9-11-21)8-5-10-20)19(14)15-6-3-2-4-7-15/h2-4,6-7,12,20-21H,5,8-11,13H2,1H3. The Morgan fingerprint density at radius 2 is 1.86 bits per heavy atom. The Morgan fingerprint density at radius 1 is 1.10 bits per heavy atom. The van der Waals surface area contributed by atoms with Crippen LogP contribution in [0.15, 0.2) is 36.5 Å². The van der Waals surface area contributed by atoms with Crippen molar-refractivity contribution >= 4 is 0 Å². The van der Waals surface area contributed by atoms with Crippen molar-refractivity contribution in [2.75, 3.05) is 26.3 Å². The van der Waals surface area contributed by atoms with Crippen LogP contribution in [0.1, 0.15) is 17.9 Å². The van der Waals surface area contributed by atoms with Gasteiger partial charge in [0.15, 0.2) is 0 Å². The Kier molecular flexibility index (Phi) is 5.92. The van der Waals surface area contributed by atoms with Crippen LogP contribution in [0.3, 0.4) is 0 Å². The van der Waals surface area contributed by atoms with Gasteiger partial charge in [-0.2, -0.15) is 0 Å². The average molecular weight is 289 g/mol. The first-order chi connectivity index (χ1) is 10.3. The molecule has 114 valence electrons. The third kappa shape index (κ3) is 4.14. The summed E-state index contributed by atoms with van der Waals surface area (Å²) >= 11 is 0. The van der Waals surface area contributed by atoms with Gasteiger partial charge in [-0.25, -0.2) is 4.98 Å². The Balaban J connectivity index is 2.20. The van der Waals surface area contributed by atoms with Gasteiger partial charge in [-0.05, 0) is 25.5 Å². The second kappa shape index (κ2) is 7.93. The predicted octanol–water partition coefficient (Wildman–Crippen LogP) is 1.36. The zero-order valence-corrected chi connectivity index (χ0v) is 12.4. The van der Waals surface area contributed by atoms with E-state index in [2.05, 4.69) is 26.6 Å². The van der Waals surface area contributed by atoms with Gasteiger partial charge in [-0.15, -0.1) is 0 Å². The van der Waals surface area contributed by atoms with Crippen LogP contribution in [0.5, 0.6) is 0 Å². The van der Waals surface area contributed by atoms with Gasteiger partial charge in [0.2, 0.25) is 0 Å². The minimum absolute atomic E-state index is 0.115. The molecule has 0 spiro atoms. The Bertz CT molecular complexity index is 540. The van der Waals surface area contributed by atoms with Crippen molar-refractivity contribution in [3.8, 4) is 5.69 Å². The van der Waals surface area contributed by atoms with E-state index >= 15 is 0 Å². The summed E-state index contributed by atoms with van der Waals surface area (Å²) in [7, 11) is 0. The lowest BCUT2D eigenvalue weighted by molar-refractivity contribution is 0.172. The van der Waals surface area contributed by atoms with E-state index in [1.54, 1.807) is 0 Å². The average Bonchev–Trinajstić information content (AvgIpc) is 2.86. The van der Waals surface area contributed by atoms with E-state index in [0.717, 1.165) is 23.8 Å². The van der Waals surface area contributed by atoms with Gasteiger partial charge in [-0.1, -0.05) is 18.2 Å². The van der Waals surface area contributed by atoms with Crippen LogP contribution >= 0.6 is 0 Å². The van der Waals surface area contributed by atoms with Crippen LogP contribution in [0, 0.1) is 6.92 Å². The molecule has 0 unspecified atom stereocenters. The molecule has 1 aromatic heterocycles. The van der Waals surface area contributed by atoms with E-state index in [1.165, 1.54) is 0 Å². The number of rotatable bonds is 8. The van der Waals surface area contributed by atoms with E-state index in [0.29, 0.717) is 19.5 Å². The van der Waals surface area contributed by atoms with Gasteiger partial charge in [0, 0.05) is 31.9 Å². The summed E-state index contributed by atoms with van der Waals surface area (Å²) in [6, 6.07) is 10.1. The van der Waals surface area contributed by atoms with E-state index in [1.807, 2.05) is 31.3 Å². The number of imidazole rings is 1. The lowest BCUT2D eigenvalue weighted by atomic mass is 10.3. The van der Waals surface area contributed by atoms with Crippen molar-refractivity contribution in [1.82, 2.24) is 14.5 Å². The molecule has 21 heavy (non-hydrogen) atoms. The summed E-state index contributed by atoms with van der Waals surface area (Å²) in [5, 5.41) is 18.2. The fourth-order valence-corrected chi connectivity index (χ4v) is 2.47. The molecular weight excluding hydrogens is 266 g/mol. The zero-order valence-electron chi connectivity index (χ0n) is 12.4. The molecule has 0 amide bonds. The quantitative estimate of drug-likeness (QED) is 0.770. The third-order valence-corrected chi connectivity index (χ3v) is 3.46. The van der Waals surface area contributed by atoms with Crippen LogP contribution in [0.2, 0.25) is 0 Å². The second-order valence-electron chi connectivity index (χ2n) is 5.04. The smallest absolute Gasteiger partial charge is 0.110 e. The van der Waals surface area contributed by atoms with Gasteiger partial charge < -0.3 is 10.2 Å². The molecule has 5 nitrogen and oxygen atoms in total. The first kappa shape index (κ1) is 15.7. The Hall–Kier alpha value is -1.69. The molecule has 2 rings (SSSR count). The summed E-state index contributed by atoms with van der Waals surface area (Å²) in [6.45, 7) is 4.33. The molecule has 0 saturated carbocycles. The highest BCUT2D eigenvalue weighted by Crippen LogP contribution is 2.16. The summed E-state index contributed by atoms with van der Waals surface area (Å²) in [4.78, 5) is 6.54. The zero-order chi connectivity index (χ0) is 15.1. The van der Waals surface area contributed by atoms with E-state index in [9.17, 15) is 5.11 Å². The summed E-state index contributed by atoms with van der Waals surface area (Å²) < 4.78 is 2.13. The third-order valence-electron chi connectivity index (χ3n) is 3.46. The Morgan fingerprint density at radius 3 is 2.52 bits per heavy atom. The molecule has 0 saturated heterocycles. The normalized spacial score (nSPS) is 11.2. The van der Waals surface area contributed by atoms with Gasteiger partial charge in [0.1, 0.15) is 5.82 Å². The summed E-state index contributed by atoms with van der Waals surface area (Å²) in [5.41, 5.74) is 2.18. The molecule has 0 atom stereocenters. The molecule has 2 aromatic rings. The van der Waals surface area contributed by atoms with Gasteiger partial charge in [-0.3, -0.25) is 9.47 Å². The topological polar surface area (TPSA) is 61.5 Å². The number of hydrogen-bond acceptors (Lipinski definition) is 4. The molecule has 0 fully saturated rings. The molecule has 0 aliphatic rings. The van der Waals surface area contributed by atoms with Crippen molar-refractivity contribution in [3.63, 3.8) is 0 Å². The van der Waals surface area contributed by atoms with Crippen molar-refractivity contribution in [1.29, 1.82) is 0 Å². The molecule has 5 heteroatoms. The molecule has 2 N–H and O–H groups in total. The maximum Gasteiger partial charge on any atom is 0.110 e. The first-order valence-corrected chi connectivity index (χ1v) is 7.29. The fraction of sp³-hybridized carbons (Fsp3) is 0.438. The maximum atomic E-state index is 9.18. The highest BCUT2D eigenvalue weighted by Gasteiger charge is 2.12. The molecule has 0 aliphatic heterocycles. The van der Waals surface area contributed by atoms with Crippen molar-refractivity contribution in [3.05, 3.63) is 48.0 Å². The van der Waals surface area contributed by atoms with Gasteiger partial charge in [0.05, 0.1) is 18.5 Å². The number of hydrogen-bond donors (Lipinski definition) is 2. The number of para-hydroxylation sites is 1. The maximum absolute atomic E-state index is 9.18. The van der Waals surface area contributed by atoms with Crippen LogP contribution in [-0.2, 0) is 6.54 Å². The van der Waals surface area contributed by atoms with E-state index in [-0.39, 0.29) is 13.2 Å². The number of aliphatic hydroxyl groups is 2. The number of benzene rings is 1. The van der Waals surface area contributed by atoms with Crippen LogP contribution in [-0.4, -0.2) is 51.0 Å². The number of aliphatic hydroxyl groups excluding tert-OH is 2. The van der Waals surface area contributed by atoms with Crippen LogP contribution in [0.25, 0.3) is 5.69 Å². The largest absolute Gasteiger partial charge is 0.396 e. The number of aromatic nitrogens is 2. The van der Waals surface area contributed by atoms with Crippen molar-refractivity contribution in [2.24, 2.45) is 0 Å². The minimum Gasteiger partial charge on any atom is -0.396 e. The minimum atomic E-state index is 0.115. The van der Waals surface area contributed by atoms with Crippen molar-refractivity contribution in [2.45, 2.75) is 19.9 Å². The van der Waals surface area contributed by atoms with E-state index < -0.39 is 0 Å². The predicted molar refractivity (Wildman–Crippen MR) is 82.4 cm³/mol. The van der Waals surface area contributed by atoms with Gasteiger partial charge in [0.25, 0.3) is 0 Å². The lowest BCUT2D eigenvalue weighted by Gasteiger charge is -2.21. The first-order valence-electron chi connectivity index (χ1n) is 7.29. The lowest BCUT2D eigenvalue weighted by Crippen LogP contribution is -2.29.